The van der Waals surface area contributed by atoms with Crippen molar-refractivity contribution >= 4 is 13.8 Å². The average molecular weight is 334 g/mol. The second-order valence-corrected chi connectivity index (χ2v) is 3.48. The van der Waals surface area contributed by atoms with Crippen LogP contribution < -0.4 is 35.3 Å². The molecule has 1 aromatic carbocycles. The zero-order valence-electron chi connectivity index (χ0n) is 10.6. The van der Waals surface area contributed by atoms with Crippen LogP contribution in [0.1, 0.15) is 5.56 Å². The van der Waals surface area contributed by atoms with Crippen LogP contribution in [0.4, 0.5) is 26.3 Å². The minimum Gasteiger partial charge on any atom is -0.368 e. The number of benzene rings is 1. The van der Waals surface area contributed by atoms with Gasteiger partial charge in [-0.1, -0.05) is 30.3 Å². The van der Waals surface area contributed by atoms with Crippen LogP contribution in [0.15, 0.2) is 30.3 Å². The Balaban J connectivity index is 0. The van der Waals surface area contributed by atoms with E-state index in [-0.39, 0.29) is 37.4 Å². The van der Waals surface area contributed by atoms with Gasteiger partial charge in [0.25, 0.3) is 5.41 Å². The van der Waals surface area contributed by atoms with Crippen LogP contribution in [0.5, 0.6) is 0 Å². The van der Waals surface area contributed by atoms with Gasteiger partial charge >= 0.3 is 41.9 Å². The third-order valence-electron chi connectivity index (χ3n) is 2.43. The van der Waals surface area contributed by atoms with Gasteiger partial charge in [-0.15, -0.1) is 0 Å². The molecule has 0 saturated heterocycles. The van der Waals surface area contributed by atoms with Crippen LogP contribution >= 0.6 is 0 Å². The summed E-state index contributed by atoms with van der Waals surface area (Å²) in [4.78, 5) is 10.9. The number of hydrogen-bond acceptors (Lipinski definition) is 2. The normalized spacial score (nSPS) is 11.4. The number of halogens is 6. The van der Waals surface area contributed by atoms with Gasteiger partial charge in [-0.3, -0.25) is 10.1 Å². The number of carbonyl (C=O) groups is 1. The average Bonchev–Trinajstić information content (AvgIpc) is 2.27. The Labute approximate surface area is 145 Å². The molecule has 0 fully saturated rings. The zero-order valence-corrected chi connectivity index (χ0v) is 12.6. The predicted octanol–water partition coefficient (Wildman–Crippen LogP) is -1.63. The van der Waals surface area contributed by atoms with Crippen LogP contribution in [0.2, 0.25) is 0 Å². The van der Waals surface area contributed by atoms with Gasteiger partial charge < -0.3 is 5.73 Å². The number of carbonyl (C=O) groups excluding carboxylic acids is 1. The van der Waals surface area contributed by atoms with E-state index in [9.17, 15) is 31.1 Å². The number of nitrogens with zero attached hydrogens (tertiary/aromatic N) is 1. The molecule has 1 aromatic rings. The monoisotopic (exact) mass is 334 g/mol. The summed E-state index contributed by atoms with van der Waals surface area (Å²) in [5, 5.41) is 7.43. The fourth-order valence-corrected chi connectivity index (χ4v) is 1.60. The Bertz CT molecular complexity index is 512. The number of rotatable bonds is 2. The van der Waals surface area contributed by atoms with Crippen LogP contribution in [-0.2, 0) is 10.2 Å². The van der Waals surface area contributed by atoms with E-state index in [1.807, 2.05) is 5.97 Å². The molecule has 2 N–H and O–H groups in total. The molecule has 0 aliphatic carbocycles. The molecule has 0 saturated carbocycles. The zero-order chi connectivity index (χ0) is 16.9. The maximum Gasteiger partial charge on any atom is 1.00 e. The first-order chi connectivity index (χ1) is 9.46. The second kappa shape index (κ2) is 8.46. The van der Waals surface area contributed by atoms with Crippen molar-refractivity contribution in [1.29, 1.82) is 5.26 Å². The summed E-state index contributed by atoms with van der Waals surface area (Å²) in [6.07, 6.45) is -11.8. The quantitative estimate of drug-likeness (QED) is 0.521. The smallest absolute Gasteiger partial charge is 0.368 e. The Morgan fingerprint density at radius 3 is 1.59 bits per heavy atom. The molecule has 116 valence electrons. The fraction of sp³-hybridized carbons (Fsp3) is 0.273. The van der Waals surface area contributed by atoms with Crippen molar-refractivity contribution in [3.8, 4) is 5.97 Å². The van der Waals surface area contributed by atoms with Gasteiger partial charge in [-0.2, -0.15) is 32.3 Å². The van der Waals surface area contributed by atoms with Gasteiger partial charge in [0.15, 0.2) is 0 Å². The maximum absolute atomic E-state index is 12.8. The summed E-state index contributed by atoms with van der Waals surface area (Å²) in [6, 6.07) is 4.27. The minimum atomic E-state index is -5.88. The molecule has 0 radical (unpaired) electrons. The number of alkyl halides is 6. The van der Waals surface area contributed by atoms with Crippen LogP contribution in [0.3, 0.4) is 0 Å². The number of hydrogen-bond donors (Lipinski definition) is 1. The van der Waals surface area contributed by atoms with E-state index < -0.39 is 29.2 Å². The summed E-state index contributed by atoms with van der Waals surface area (Å²) < 4.78 is 76.7. The molecular weight excluding hydrogens is 324 g/mol. The van der Waals surface area contributed by atoms with Crippen molar-refractivity contribution in [2.24, 2.45) is 5.73 Å². The molecule has 0 heterocycles. The molecule has 0 aromatic heterocycles. The topological polar surface area (TPSA) is 66.9 Å². The molecule has 0 aliphatic heterocycles. The van der Waals surface area contributed by atoms with E-state index in [1.165, 1.54) is 6.07 Å². The molecule has 1 rings (SSSR count). The molecule has 0 spiro atoms. The molecular formula is C11H10BF6N2NaO. The largest absolute Gasteiger partial charge is 1.00 e. The maximum atomic E-state index is 12.8. The molecule has 11 heteroatoms. The fourth-order valence-electron chi connectivity index (χ4n) is 1.60. The van der Waals surface area contributed by atoms with Crippen molar-refractivity contribution in [3.63, 3.8) is 0 Å². The molecule has 1 amide bonds. The summed E-state index contributed by atoms with van der Waals surface area (Å²) in [5.74, 6) is -0.506. The molecule has 0 aliphatic rings. The molecule has 0 bridgehead atoms. The Kier molecular flexibility index (Phi) is 8.88. The van der Waals surface area contributed by atoms with Crippen molar-refractivity contribution in [1.82, 2.24) is 0 Å². The van der Waals surface area contributed by atoms with Crippen LogP contribution in [0, 0.1) is 11.2 Å². The third-order valence-corrected chi connectivity index (χ3v) is 2.43. The van der Waals surface area contributed by atoms with E-state index >= 15 is 0 Å². The number of nitrogens with two attached hydrogens (primary N) is 1. The first-order valence-corrected chi connectivity index (χ1v) is 4.76. The standard InChI is InChI=1S/C10H7F6NO.CH3BN.Na/c11-9(12,13)8(7(17)18,10(14,15)16)6-4-2-1-3-5-6;2-1-3;/h1-5H,(H2,17,18);2H3;/q;-1;+1. The minimum absolute atomic E-state index is 0. The molecule has 22 heavy (non-hydrogen) atoms. The van der Waals surface area contributed by atoms with Gasteiger partial charge in [0.2, 0.25) is 5.91 Å². The van der Waals surface area contributed by atoms with Gasteiger partial charge in [-0.05, 0) is 5.56 Å². The summed E-state index contributed by atoms with van der Waals surface area (Å²) >= 11 is 0. The van der Waals surface area contributed by atoms with Gasteiger partial charge in [0.05, 0.1) is 7.85 Å². The van der Waals surface area contributed by atoms with E-state index in [0.29, 0.717) is 12.1 Å². The first kappa shape index (κ1) is 23.1. The van der Waals surface area contributed by atoms with Gasteiger partial charge in [0.1, 0.15) is 0 Å². The Hall–Kier alpha value is -1.18. The molecule has 0 unspecified atom stereocenters. The SMILES string of the molecule is NC(=O)C(c1ccccc1)(C(F)(F)F)C(F)(F)F.[BH3-]C#N.[Na+]. The van der Waals surface area contributed by atoms with E-state index in [4.69, 9.17) is 5.26 Å². The summed E-state index contributed by atoms with van der Waals surface area (Å²) in [5.41, 5.74) is -1.55. The van der Waals surface area contributed by atoms with Gasteiger partial charge in [-0.25, -0.2) is 0 Å². The van der Waals surface area contributed by atoms with Gasteiger partial charge in [0, 0.05) is 0 Å². The van der Waals surface area contributed by atoms with Crippen LogP contribution in [0.25, 0.3) is 0 Å². The number of primary amides is 1. The van der Waals surface area contributed by atoms with E-state index in [0.717, 1.165) is 12.1 Å². The third kappa shape index (κ3) is 4.41. The molecule has 3 nitrogen and oxygen atoms in total. The van der Waals surface area contributed by atoms with Crippen molar-refractivity contribution in [2.45, 2.75) is 17.8 Å². The van der Waals surface area contributed by atoms with E-state index in [2.05, 4.69) is 5.73 Å². The first-order valence-electron chi connectivity index (χ1n) is 4.76. The summed E-state index contributed by atoms with van der Waals surface area (Å²) in [7, 11) is 0.0694. The predicted molar refractivity (Wildman–Crippen MR) is 65.0 cm³/mol. The van der Waals surface area contributed by atoms with Crippen molar-refractivity contribution in [2.75, 3.05) is 0 Å². The van der Waals surface area contributed by atoms with E-state index in [1.54, 1.807) is 0 Å². The number of nitriles is 1. The Morgan fingerprint density at radius 2 is 1.36 bits per heavy atom. The van der Waals surface area contributed by atoms with Crippen molar-refractivity contribution in [3.05, 3.63) is 35.9 Å². The van der Waals surface area contributed by atoms with Crippen molar-refractivity contribution < 1.29 is 60.7 Å². The summed E-state index contributed by atoms with van der Waals surface area (Å²) in [6.45, 7) is 0. The Morgan fingerprint density at radius 1 is 1.05 bits per heavy atom. The second-order valence-electron chi connectivity index (χ2n) is 3.48. The van der Waals surface area contributed by atoms with Crippen LogP contribution in [-0.4, -0.2) is 26.1 Å². The number of amides is 1. The molecule has 0 atom stereocenters.